The number of fused-ring (bicyclic) bond motifs is 1. The van der Waals surface area contributed by atoms with E-state index in [9.17, 15) is 25.5 Å². The molecule has 7 atom stereocenters. The van der Waals surface area contributed by atoms with Crippen LogP contribution in [0.15, 0.2) is 72.8 Å². The number of phenols is 4. The Morgan fingerprint density at radius 2 is 0.904 bits per heavy atom. The van der Waals surface area contributed by atoms with Crippen molar-refractivity contribution in [3.05, 3.63) is 95.1 Å². The van der Waals surface area contributed by atoms with Crippen molar-refractivity contribution in [3.63, 3.8) is 0 Å². The molecular formula is C40H46O12. The highest BCUT2D eigenvalue weighted by atomic mass is 16.5. The summed E-state index contributed by atoms with van der Waals surface area (Å²) in [7, 11) is 6.08. The van der Waals surface area contributed by atoms with E-state index in [1.165, 1.54) is 28.4 Å². The van der Waals surface area contributed by atoms with E-state index in [1.807, 2.05) is 30.3 Å². The number of methoxy groups -OCH3 is 4. The van der Waals surface area contributed by atoms with E-state index >= 15 is 0 Å². The second kappa shape index (κ2) is 16.2. The Morgan fingerprint density at radius 3 is 1.33 bits per heavy atom. The number of aliphatic hydroxyl groups excluding tert-OH is 1. The Kier molecular flexibility index (Phi) is 11.5. The van der Waals surface area contributed by atoms with Crippen LogP contribution < -0.4 is 18.9 Å². The van der Waals surface area contributed by atoms with Crippen LogP contribution in [0.1, 0.15) is 40.6 Å². The number of ether oxygens (including phenoxy) is 7. The molecule has 12 nitrogen and oxygen atoms in total. The van der Waals surface area contributed by atoms with Crippen molar-refractivity contribution in [3.8, 4) is 46.0 Å². The van der Waals surface area contributed by atoms with Gasteiger partial charge in [-0.15, -0.1) is 0 Å². The normalized spacial score (nSPS) is 24.8. The first-order valence-electron chi connectivity index (χ1n) is 17.1. The van der Waals surface area contributed by atoms with Gasteiger partial charge in [-0.3, -0.25) is 0 Å². The van der Waals surface area contributed by atoms with E-state index in [-0.39, 0.29) is 71.6 Å². The second-order valence-corrected chi connectivity index (χ2v) is 13.2. The fourth-order valence-electron chi connectivity index (χ4n) is 7.52. The van der Waals surface area contributed by atoms with Crippen LogP contribution in [-0.2, 0) is 20.6 Å². The number of rotatable bonds is 10. The predicted molar refractivity (Wildman–Crippen MR) is 189 cm³/mol. The molecule has 3 aliphatic rings. The highest BCUT2D eigenvalue weighted by Gasteiger charge is 2.48. The molecule has 278 valence electrons. The zero-order chi connectivity index (χ0) is 36.9. The molecular weight excluding hydrogens is 672 g/mol. The van der Waals surface area contributed by atoms with Gasteiger partial charge in [0.05, 0.1) is 66.6 Å². The van der Waals surface area contributed by atoms with Gasteiger partial charge in [0, 0.05) is 24.4 Å². The molecule has 12 heteroatoms. The molecule has 0 spiro atoms. The lowest BCUT2D eigenvalue weighted by Crippen LogP contribution is -2.21. The SMILES string of the molecule is COc1cc(C[C@H]2CO[C@H](c3ccc(O)c(OC)c3)[C@H]2CO)ccc1O.COc1cc([C@@H]2OC[C@@H]3[C@H]2CO[C@H]3c2ccc(O)c(OC)c2)ccc1O. The zero-order valence-electron chi connectivity index (χ0n) is 29.6. The molecule has 0 unspecified atom stereocenters. The van der Waals surface area contributed by atoms with Crippen LogP contribution in [-0.4, -0.2) is 80.4 Å². The molecule has 0 bridgehead atoms. The molecule has 3 aliphatic heterocycles. The number of aromatic hydroxyl groups is 4. The van der Waals surface area contributed by atoms with Gasteiger partial charge in [0.1, 0.15) is 0 Å². The van der Waals surface area contributed by atoms with Crippen molar-refractivity contribution in [1.82, 2.24) is 0 Å². The maximum Gasteiger partial charge on any atom is 0.160 e. The molecule has 0 radical (unpaired) electrons. The van der Waals surface area contributed by atoms with E-state index in [4.69, 9.17) is 33.2 Å². The third-order valence-corrected chi connectivity index (χ3v) is 10.3. The minimum Gasteiger partial charge on any atom is -0.504 e. The van der Waals surface area contributed by atoms with E-state index < -0.39 is 0 Å². The Labute approximate surface area is 302 Å². The van der Waals surface area contributed by atoms with Crippen molar-refractivity contribution in [2.45, 2.75) is 24.7 Å². The van der Waals surface area contributed by atoms with Gasteiger partial charge in [0.25, 0.3) is 0 Å². The smallest absolute Gasteiger partial charge is 0.160 e. The van der Waals surface area contributed by atoms with Crippen molar-refractivity contribution >= 4 is 0 Å². The van der Waals surface area contributed by atoms with Crippen LogP contribution in [0, 0.1) is 23.7 Å². The van der Waals surface area contributed by atoms with Crippen LogP contribution in [0.25, 0.3) is 0 Å². The Balaban J connectivity index is 0.000000179. The molecule has 3 heterocycles. The van der Waals surface area contributed by atoms with Crippen LogP contribution in [0.2, 0.25) is 0 Å². The van der Waals surface area contributed by atoms with Crippen molar-refractivity contribution in [2.75, 3.05) is 54.9 Å². The van der Waals surface area contributed by atoms with Gasteiger partial charge in [0.15, 0.2) is 46.0 Å². The average Bonchev–Trinajstić information content (AvgIpc) is 3.89. The molecule has 4 aromatic carbocycles. The van der Waals surface area contributed by atoms with Crippen molar-refractivity contribution < 1.29 is 58.7 Å². The first-order chi connectivity index (χ1) is 25.2. The molecule has 3 saturated heterocycles. The van der Waals surface area contributed by atoms with Gasteiger partial charge in [-0.25, -0.2) is 0 Å². The fraction of sp³-hybridized carbons (Fsp3) is 0.400. The van der Waals surface area contributed by atoms with Gasteiger partial charge in [-0.05, 0) is 83.1 Å². The van der Waals surface area contributed by atoms with E-state index in [0.29, 0.717) is 49.2 Å². The minimum absolute atomic E-state index is 0.00621. The molecule has 52 heavy (non-hydrogen) atoms. The predicted octanol–water partition coefficient (Wildman–Crippen LogP) is 5.84. The summed E-state index contributed by atoms with van der Waals surface area (Å²) in [5.41, 5.74) is 3.82. The highest BCUT2D eigenvalue weighted by Crippen LogP contribution is 2.51. The molecule has 0 aromatic heterocycles. The Hall–Kier alpha value is -4.88. The molecule has 0 amide bonds. The molecule has 0 saturated carbocycles. The standard InChI is InChI=1S/C20H22O6.C20H24O6/c1-23-17-7-11(3-5-15(17)21)19-13-9-26-20(14(13)10-25-19)12-4-6-16(22)18(8-12)24-2;1-24-18-8-12(3-5-16(18)22)7-14-11-26-20(15(14)10-21)13-4-6-17(23)19(9-13)25-2/h3-8,13-14,19-22H,9-10H2,1-2H3;3-6,8-9,14-15,20-23H,7,10-11H2,1-2H3/t13-,14-,19+,20+;14-,15-,20+/m10/s1. The van der Waals surface area contributed by atoms with Crippen LogP contribution in [0.4, 0.5) is 0 Å². The molecule has 3 fully saturated rings. The summed E-state index contributed by atoms with van der Waals surface area (Å²) >= 11 is 0. The number of hydrogen-bond donors (Lipinski definition) is 5. The van der Waals surface area contributed by atoms with Gasteiger partial charge < -0.3 is 58.7 Å². The summed E-state index contributed by atoms with van der Waals surface area (Å²) in [6.45, 7) is 1.69. The average molecular weight is 719 g/mol. The lowest BCUT2D eigenvalue weighted by molar-refractivity contribution is 0.0191. The van der Waals surface area contributed by atoms with E-state index in [2.05, 4.69) is 0 Å². The third-order valence-electron chi connectivity index (χ3n) is 10.3. The summed E-state index contributed by atoms with van der Waals surface area (Å²) in [6.07, 6.45) is 0.239. The first-order valence-corrected chi connectivity index (χ1v) is 17.1. The lowest BCUT2D eigenvalue weighted by Gasteiger charge is -2.22. The lowest BCUT2D eigenvalue weighted by atomic mass is 9.84. The summed E-state index contributed by atoms with van der Waals surface area (Å²) < 4.78 is 38.9. The number of hydrogen-bond acceptors (Lipinski definition) is 12. The largest absolute Gasteiger partial charge is 0.504 e. The maximum absolute atomic E-state index is 9.95. The monoisotopic (exact) mass is 718 g/mol. The second-order valence-electron chi connectivity index (χ2n) is 13.2. The Morgan fingerprint density at radius 1 is 0.519 bits per heavy atom. The van der Waals surface area contributed by atoms with E-state index in [1.54, 1.807) is 42.5 Å². The summed E-state index contributed by atoms with van der Waals surface area (Å²) in [4.78, 5) is 0. The van der Waals surface area contributed by atoms with Gasteiger partial charge in [0.2, 0.25) is 0 Å². The first kappa shape index (κ1) is 36.9. The topological polar surface area (TPSA) is 166 Å². The van der Waals surface area contributed by atoms with Gasteiger partial charge >= 0.3 is 0 Å². The molecule has 5 N–H and O–H groups in total. The third kappa shape index (κ3) is 7.51. The summed E-state index contributed by atoms with van der Waals surface area (Å²) in [5, 5.41) is 49.1. The van der Waals surface area contributed by atoms with Crippen LogP contribution >= 0.6 is 0 Å². The van der Waals surface area contributed by atoms with Crippen LogP contribution in [0.5, 0.6) is 46.0 Å². The Bertz CT molecular complexity index is 1680. The number of phenolic OH excluding ortho intramolecular Hbond substituents is 4. The summed E-state index contributed by atoms with van der Waals surface area (Å²) in [5.74, 6) is 2.57. The maximum atomic E-state index is 9.95. The molecule has 4 aromatic rings. The minimum atomic E-state index is -0.265. The molecule has 7 rings (SSSR count). The fourth-order valence-corrected chi connectivity index (χ4v) is 7.52. The number of benzene rings is 4. The van der Waals surface area contributed by atoms with Crippen molar-refractivity contribution in [1.29, 1.82) is 0 Å². The van der Waals surface area contributed by atoms with Crippen LogP contribution in [0.3, 0.4) is 0 Å². The highest BCUT2D eigenvalue weighted by molar-refractivity contribution is 5.45. The summed E-state index contributed by atoms with van der Waals surface area (Å²) in [6, 6.07) is 21.0. The zero-order valence-corrected chi connectivity index (χ0v) is 29.6. The van der Waals surface area contributed by atoms with Crippen molar-refractivity contribution in [2.24, 2.45) is 23.7 Å². The van der Waals surface area contributed by atoms with Gasteiger partial charge in [-0.2, -0.15) is 0 Å². The molecule has 0 aliphatic carbocycles. The quantitative estimate of drug-likeness (QED) is 0.133. The number of aliphatic hydroxyl groups is 1. The van der Waals surface area contributed by atoms with E-state index in [0.717, 1.165) is 22.3 Å². The van der Waals surface area contributed by atoms with Gasteiger partial charge in [-0.1, -0.05) is 24.3 Å².